The van der Waals surface area contributed by atoms with Crippen LogP contribution in [0.5, 0.6) is 0 Å². The largest absolute Gasteiger partial charge is 0.478 e. The minimum absolute atomic E-state index is 0.0517. The highest BCUT2D eigenvalue weighted by Crippen LogP contribution is 2.23. The van der Waals surface area contributed by atoms with Gasteiger partial charge in [-0.05, 0) is 50.3 Å². The van der Waals surface area contributed by atoms with Crippen molar-refractivity contribution in [2.75, 3.05) is 13.1 Å². The van der Waals surface area contributed by atoms with Crippen molar-refractivity contribution in [3.8, 4) is 0 Å². The minimum Gasteiger partial charge on any atom is -0.478 e. The third kappa shape index (κ3) is 6.08. The van der Waals surface area contributed by atoms with E-state index >= 15 is 0 Å². The first-order valence-corrected chi connectivity index (χ1v) is 9.81. The highest BCUT2D eigenvalue weighted by Gasteiger charge is 2.32. The van der Waals surface area contributed by atoms with Crippen LogP contribution in [0.2, 0.25) is 0 Å². The molecule has 6 heteroatoms. The zero-order valence-corrected chi connectivity index (χ0v) is 16.2. The Labute approximate surface area is 160 Å². The van der Waals surface area contributed by atoms with E-state index in [0.717, 1.165) is 31.2 Å². The number of nitrogens with one attached hydrogen (secondary N) is 1. The summed E-state index contributed by atoms with van der Waals surface area (Å²) < 4.78 is 0. The Kier molecular flexibility index (Phi) is 7.82. The average molecular weight is 374 g/mol. The number of piperidine rings is 1. The summed E-state index contributed by atoms with van der Waals surface area (Å²) in [4.78, 5) is 37.7. The van der Waals surface area contributed by atoms with Crippen LogP contribution < -0.4 is 5.32 Å². The predicted molar refractivity (Wildman–Crippen MR) is 104 cm³/mol. The van der Waals surface area contributed by atoms with Gasteiger partial charge in [0.25, 0.3) is 0 Å². The first kappa shape index (κ1) is 20.9. The molecule has 0 bridgehead atoms. The summed E-state index contributed by atoms with van der Waals surface area (Å²) >= 11 is 0. The molecule has 148 valence electrons. The van der Waals surface area contributed by atoms with Crippen molar-refractivity contribution in [2.45, 2.75) is 58.4 Å². The van der Waals surface area contributed by atoms with E-state index in [2.05, 4.69) is 12.2 Å². The third-order valence-electron chi connectivity index (χ3n) is 5.23. The van der Waals surface area contributed by atoms with Gasteiger partial charge in [0.15, 0.2) is 0 Å². The van der Waals surface area contributed by atoms with Crippen molar-refractivity contribution in [3.63, 3.8) is 0 Å². The Balaban J connectivity index is 1.87. The quantitative estimate of drug-likeness (QED) is 0.685. The van der Waals surface area contributed by atoms with Gasteiger partial charge in [-0.25, -0.2) is 4.79 Å². The molecule has 1 heterocycles. The van der Waals surface area contributed by atoms with Gasteiger partial charge < -0.3 is 15.3 Å². The number of rotatable bonds is 8. The Bertz CT molecular complexity index is 657. The number of aromatic carboxylic acids is 1. The topological polar surface area (TPSA) is 86.7 Å². The van der Waals surface area contributed by atoms with Gasteiger partial charge in [0.2, 0.25) is 11.8 Å². The lowest BCUT2D eigenvalue weighted by molar-refractivity contribution is -0.138. The molecule has 0 spiro atoms. The number of carboxylic acids is 1. The van der Waals surface area contributed by atoms with Crippen molar-refractivity contribution < 1.29 is 19.5 Å². The van der Waals surface area contributed by atoms with Crippen LogP contribution in [0.1, 0.15) is 61.9 Å². The molecule has 1 aromatic carbocycles. The van der Waals surface area contributed by atoms with Crippen LogP contribution in [0.15, 0.2) is 24.3 Å². The molecule has 0 radical (unpaired) electrons. The lowest BCUT2D eigenvalue weighted by atomic mass is 9.92. The van der Waals surface area contributed by atoms with Gasteiger partial charge in [0, 0.05) is 25.6 Å². The van der Waals surface area contributed by atoms with Gasteiger partial charge in [-0.3, -0.25) is 9.59 Å². The molecule has 27 heavy (non-hydrogen) atoms. The number of carbonyl (C=O) groups excluding carboxylic acids is 2. The maximum absolute atomic E-state index is 12.7. The normalized spacial score (nSPS) is 19.6. The molecule has 2 rings (SSSR count). The molecule has 1 fully saturated rings. The SMILES string of the molecule is CCCCNC(=O)C1CCC(C)N(C(=O)CCc2ccc(C(=O)O)cc2)C1. The summed E-state index contributed by atoms with van der Waals surface area (Å²) in [7, 11) is 0. The monoisotopic (exact) mass is 374 g/mol. The van der Waals surface area contributed by atoms with Gasteiger partial charge in [-0.2, -0.15) is 0 Å². The lowest BCUT2D eigenvalue weighted by Gasteiger charge is -2.37. The second-order valence-corrected chi connectivity index (χ2v) is 7.32. The molecular formula is C21H30N2O4. The van der Waals surface area contributed by atoms with Gasteiger partial charge in [0.1, 0.15) is 0 Å². The predicted octanol–water partition coefficient (Wildman–Crippen LogP) is 2.86. The summed E-state index contributed by atoms with van der Waals surface area (Å²) in [5, 5.41) is 11.9. The van der Waals surface area contributed by atoms with Crippen LogP contribution in [0.25, 0.3) is 0 Å². The lowest BCUT2D eigenvalue weighted by Crippen LogP contribution is -2.49. The maximum atomic E-state index is 12.7. The molecule has 1 aliphatic heterocycles. The molecule has 0 aromatic heterocycles. The van der Waals surface area contributed by atoms with E-state index in [1.165, 1.54) is 0 Å². The van der Waals surface area contributed by atoms with Gasteiger partial charge in [-0.15, -0.1) is 0 Å². The molecule has 2 unspecified atom stereocenters. The number of carboxylic acid groups (broad SMARTS) is 1. The summed E-state index contributed by atoms with van der Waals surface area (Å²) in [5.41, 5.74) is 1.18. The van der Waals surface area contributed by atoms with Crippen LogP contribution in [0.3, 0.4) is 0 Å². The average Bonchev–Trinajstić information content (AvgIpc) is 2.66. The highest BCUT2D eigenvalue weighted by atomic mass is 16.4. The molecule has 2 atom stereocenters. The first-order valence-electron chi connectivity index (χ1n) is 9.81. The number of carbonyl (C=O) groups is 3. The summed E-state index contributed by atoms with van der Waals surface area (Å²) in [6.07, 6.45) is 4.60. The number of amides is 2. The Morgan fingerprint density at radius 3 is 2.52 bits per heavy atom. The number of hydrogen-bond donors (Lipinski definition) is 2. The van der Waals surface area contributed by atoms with Crippen molar-refractivity contribution in [2.24, 2.45) is 5.92 Å². The minimum atomic E-state index is -0.956. The Morgan fingerprint density at radius 1 is 1.19 bits per heavy atom. The van der Waals surface area contributed by atoms with E-state index in [1.54, 1.807) is 24.3 Å². The van der Waals surface area contributed by atoms with Gasteiger partial charge >= 0.3 is 5.97 Å². The maximum Gasteiger partial charge on any atom is 0.335 e. The van der Waals surface area contributed by atoms with E-state index < -0.39 is 5.97 Å². The van der Waals surface area contributed by atoms with Crippen molar-refractivity contribution in [3.05, 3.63) is 35.4 Å². The zero-order chi connectivity index (χ0) is 19.8. The van der Waals surface area contributed by atoms with E-state index in [1.807, 2.05) is 11.8 Å². The first-order chi connectivity index (χ1) is 12.9. The Morgan fingerprint density at radius 2 is 1.89 bits per heavy atom. The Hall–Kier alpha value is -2.37. The third-order valence-corrected chi connectivity index (χ3v) is 5.23. The van der Waals surface area contributed by atoms with Crippen molar-refractivity contribution in [1.82, 2.24) is 10.2 Å². The number of likely N-dealkylation sites (tertiary alicyclic amines) is 1. The van der Waals surface area contributed by atoms with E-state index in [4.69, 9.17) is 5.11 Å². The number of unbranched alkanes of at least 4 members (excludes halogenated alkanes) is 1. The highest BCUT2D eigenvalue weighted by molar-refractivity contribution is 5.87. The molecule has 2 amide bonds. The molecule has 1 saturated heterocycles. The smallest absolute Gasteiger partial charge is 0.335 e. The molecule has 0 aliphatic carbocycles. The zero-order valence-electron chi connectivity index (χ0n) is 16.2. The standard InChI is InChI=1S/C21H30N2O4/c1-3-4-13-22-20(25)18-9-5-15(2)23(14-18)19(24)12-8-16-6-10-17(11-7-16)21(26)27/h6-7,10-11,15,18H,3-5,8-9,12-14H2,1-2H3,(H,22,25)(H,26,27). The van der Waals surface area contributed by atoms with Crippen LogP contribution in [0, 0.1) is 5.92 Å². The number of hydrogen-bond acceptors (Lipinski definition) is 3. The molecule has 0 saturated carbocycles. The van der Waals surface area contributed by atoms with Crippen LogP contribution in [-0.2, 0) is 16.0 Å². The summed E-state index contributed by atoms with van der Waals surface area (Å²) in [6, 6.07) is 6.76. The van der Waals surface area contributed by atoms with Crippen LogP contribution in [-0.4, -0.2) is 46.9 Å². The van der Waals surface area contributed by atoms with Crippen molar-refractivity contribution in [1.29, 1.82) is 0 Å². The van der Waals surface area contributed by atoms with E-state index in [0.29, 0.717) is 25.9 Å². The fraction of sp³-hybridized carbons (Fsp3) is 0.571. The molecular weight excluding hydrogens is 344 g/mol. The number of benzene rings is 1. The van der Waals surface area contributed by atoms with E-state index in [9.17, 15) is 14.4 Å². The fourth-order valence-corrected chi connectivity index (χ4v) is 3.41. The van der Waals surface area contributed by atoms with Gasteiger partial charge in [-0.1, -0.05) is 25.5 Å². The molecule has 2 N–H and O–H groups in total. The second kappa shape index (κ2) is 10.1. The summed E-state index contributed by atoms with van der Waals surface area (Å²) in [6.45, 7) is 5.30. The molecule has 6 nitrogen and oxygen atoms in total. The summed E-state index contributed by atoms with van der Waals surface area (Å²) in [5.74, 6) is -0.979. The van der Waals surface area contributed by atoms with Crippen LogP contribution in [0.4, 0.5) is 0 Å². The molecule has 1 aliphatic rings. The van der Waals surface area contributed by atoms with E-state index in [-0.39, 0.29) is 29.3 Å². The van der Waals surface area contributed by atoms with Crippen molar-refractivity contribution >= 4 is 17.8 Å². The van der Waals surface area contributed by atoms with Crippen LogP contribution >= 0.6 is 0 Å². The molecule has 1 aromatic rings. The second-order valence-electron chi connectivity index (χ2n) is 7.32. The fourth-order valence-electron chi connectivity index (χ4n) is 3.41. The van der Waals surface area contributed by atoms with Gasteiger partial charge in [0.05, 0.1) is 11.5 Å². The number of nitrogens with zero attached hydrogens (tertiary/aromatic N) is 1. The number of aryl methyl sites for hydroxylation is 1.